The summed E-state index contributed by atoms with van der Waals surface area (Å²) < 4.78 is 1.77. The minimum absolute atomic E-state index is 0.551. The molecule has 0 atom stereocenters. The van der Waals surface area contributed by atoms with Crippen molar-refractivity contribution in [2.24, 2.45) is 7.05 Å². The number of nitrogen functional groups attached to an aromatic ring is 1. The Morgan fingerprint density at radius 2 is 2.14 bits per heavy atom. The van der Waals surface area contributed by atoms with Crippen LogP contribution in [-0.2, 0) is 7.05 Å². The molecule has 2 heterocycles. The highest BCUT2D eigenvalue weighted by molar-refractivity contribution is 5.65. The first-order valence-electron chi connectivity index (χ1n) is 4.39. The van der Waals surface area contributed by atoms with Crippen LogP contribution in [0.3, 0.4) is 0 Å². The van der Waals surface area contributed by atoms with Crippen molar-refractivity contribution >= 4 is 5.82 Å². The van der Waals surface area contributed by atoms with Gasteiger partial charge in [-0.05, 0) is 19.1 Å². The zero-order valence-corrected chi connectivity index (χ0v) is 8.23. The number of rotatable bonds is 1. The highest BCUT2D eigenvalue weighted by Gasteiger charge is 2.04. The molecule has 2 N–H and O–H groups in total. The molecule has 72 valence electrons. The van der Waals surface area contributed by atoms with E-state index in [4.69, 9.17) is 5.73 Å². The minimum Gasteiger partial charge on any atom is -0.384 e. The fraction of sp³-hybridized carbons (Fsp3) is 0.200. The van der Waals surface area contributed by atoms with E-state index in [9.17, 15) is 0 Å². The number of aromatic nitrogens is 3. The van der Waals surface area contributed by atoms with Crippen LogP contribution in [0.4, 0.5) is 5.82 Å². The summed E-state index contributed by atoms with van der Waals surface area (Å²) in [5.41, 5.74) is 8.65. The number of anilines is 1. The molecule has 0 radical (unpaired) electrons. The van der Waals surface area contributed by atoms with Crippen LogP contribution in [-0.4, -0.2) is 14.8 Å². The first-order chi connectivity index (χ1) is 6.66. The summed E-state index contributed by atoms with van der Waals surface area (Å²) >= 11 is 0. The molecule has 0 unspecified atom stereocenters. The molecule has 2 aromatic heterocycles. The third kappa shape index (κ3) is 1.46. The molecule has 0 spiro atoms. The van der Waals surface area contributed by atoms with Gasteiger partial charge in [0.2, 0.25) is 0 Å². The van der Waals surface area contributed by atoms with Gasteiger partial charge in [-0.1, -0.05) is 0 Å². The second-order valence-electron chi connectivity index (χ2n) is 3.27. The van der Waals surface area contributed by atoms with Gasteiger partial charge in [0, 0.05) is 30.1 Å². The summed E-state index contributed by atoms with van der Waals surface area (Å²) in [6.07, 6.45) is 3.78. The van der Waals surface area contributed by atoms with Gasteiger partial charge in [0.1, 0.15) is 5.82 Å². The molecule has 0 aliphatic heterocycles. The summed E-state index contributed by atoms with van der Waals surface area (Å²) in [7, 11) is 1.89. The van der Waals surface area contributed by atoms with E-state index in [-0.39, 0.29) is 0 Å². The van der Waals surface area contributed by atoms with Crippen LogP contribution in [0.1, 0.15) is 5.69 Å². The summed E-state index contributed by atoms with van der Waals surface area (Å²) in [6, 6.07) is 3.77. The molecular weight excluding hydrogens is 176 g/mol. The van der Waals surface area contributed by atoms with Crippen molar-refractivity contribution in [2.45, 2.75) is 6.92 Å². The van der Waals surface area contributed by atoms with Gasteiger partial charge in [-0.2, -0.15) is 5.10 Å². The van der Waals surface area contributed by atoms with Gasteiger partial charge in [-0.3, -0.25) is 4.68 Å². The maximum absolute atomic E-state index is 5.58. The standard InChI is InChI=1S/C10H12N4/c1-7-9(3-4-10(11)13-7)8-5-12-14(2)6-8/h3-6H,1-2H3,(H2,11,13). The molecular formula is C10H12N4. The second-order valence-corrected chi connectivity index (χ2v) is 3.27. The van der Waals surface area contributed by atoms with Gasteiger partial charge < -0.3 is 5.73 Å². The molecule has 14 heavy (non-hydrogen) atoms. The number of hydrogen-bond acceptors (Lipinski definition) is 3. The average Bonchev–Trinajstić information content (AvgIpc) is 2.51. The van der Waals surface area contributed by atoms with Crippen LogP contribution in [0.2, 0.25) is 0 Å². The fourth-order valence-corrected chi connectivity index (χ4v) is 1.45. The van der Waals surface area contributed by atoms with E-state index in [1.54, 1.807) is 10.7 Å². The van der Waals surface area contributed by atoms with E-state index in [0.29, 0.717) is 5.82 Å². The lowest BCUT2D eigenvalue weighted by molar-refractivity contribution is 0.768. The highest BCUT2D eigenvalue weighted by Crippen LogP contribution is 2.21. The molecule has 0 bridgehead atoms. The van der Waals surface area contributed by atoms with E-state index in [1.165, 1.54) is 0 Å². The Morgan fingerprint density at radius 1 is 1.36 bits per heavy atom. The monoisotopic (exact) mass is 188 g/mol. The predicted octanol–water partition coefficient (Wildman–Crippen LogP) is 1.37. The Morgan fingerprint density at radius 3 is 2.71 bits per heavy atom. The number of nitrogens with zero attached hydrogens (tertiary/aromatic N) is 3. The van der Waals surface area contributed by atoms with Gasteiger partial charge in [0.05, 0.1) is 6.20 Å². The Hall–Kier alpha value is -1.84. The summed E-state index contributed by atoms with van der Waals surface area (Å²) in [6.45, 7) is 1.94. The molecule has 0 aliphatic rings. The molecule has 0 aromatic carbocycles. The van der Waals surface area contributed by atoms with Crippen LogP contribution >= 0.6 is 0 Å². The normalized spacial score (nSPS) is 10.4. The van der Waals surface area contributed by atoms with E-state index < -0.39 is 0 Å². The van der Waals surface area contributed by atoms with Crippen LogP contribution < -0.4 is 5.73 Å². The van der Waals surface area contributed by atoms with Crippen molar-refractivity contribution in [3.05, 3.63) is 30.2 Å². The van der Waals surface area contributed by atoms with Crippen molar-refractivity contribution in [3.8, 4) is 11.1 Å². The van der Waals surface area contributed by atoms with Gasteiger partial charge in [-0.15, -0.1) is 0 Å². The van der Waals surface area contributed by atoms with Gasteiger partial charge >= 0.3 is 0 Å². The highest BCUT2D eigenvalue weighted by atomic mass is 15.2. The SMILES string of the molecule is Cc1nc(N)ccc1-c1cnn(C)c1. The third-order valence-corrected chi connectivity index (χ3v) is 2.12. The van der Waals surface area contributed by atoms with Crippen LogP contribution in [0.15, 0.2) is 24.5 Å². The van der Waals surface area contributed by atoms with Crippen LogP contribution in [0.25, 0.3) is 11.1 Å². The maximum Gasteiger partial charge on any atom is 0.123 e. The zero-order chi connectivity index (χ0) is 10.1. The summed E-state index contributed by atoms with van der Waals surface area (Å²) in [5.74, 6) is 0.551. The molecule has 4 nitrogen and oxygen atoms in total. The molecule has 2 rings (SSSR count). The zero-order valence-electron chi connectivity index (χ0n) is 8.23. The van der Waals surface area contributed by atoms with Gasteiger partial charge in [0.25, 0.3) is 0 Å². The largest absolute Gasteiger partial charge is 0.384 e. The molecule has 0 aliphatic carbocycles. The Labute approximate surface area is 82.4 Å². The number of nitrogens with two attached hydrogens (primary N) is 1. The van der Waals surface area contributed by atoms with E-state index >= 15 is 0 Å². The first kappa shape index (κ1) is 8.74. The van der Waals surface area contributed by atoms with Gasteiger partial charge in [-0.25, -0.2) is 4.98 Å². The lowest BCUT2D eigenvalue weighted by Gasteiger charge is -2.02. The first-order valence-corrected chi connectivity index (χ1v) is 4.39. The molecule has 0 fully saturated rings. The number of pyridine rings is 1. The fourth-order valence-electron chi connectivity index (χ4n) is 1.45. The quantitative estimate of drug-likeness (QED) is 0.735. The van der Waals surface area contributed by atoms with Crippen LogP contribution in [0.5, 0.6) is 0 Å². The third-order valence-electron chi connectivity index (χ3n) is 2.12. The molecule has 0 saturated heterocycles. The van der Waals surface area contributed by atoms with Crippen molar-refractivity contribution in [1.82, 2.24) is 14.8 Å². The maximum atomic E-state index is 5.58. The second kappa shape index (κ2) is 3.14. The lowest BCUT2D eigenvalue weighted by Crippen LogP contribution is -1.93. The molecule has 0 saturated carbocycles. The average molecular weight is 188 g/mol. The van der Waals surface area contributed by atoms with Crippen molar-refractivity contribution in [1.29, 1.82) is 0 Å². The number of hydrogen-bond donors (Lipinski definition) is 1. The topological polar surface area (TPSA) is 56.7 Å². The molecule has 2 aromatic rings. The van der Waals surface area contributed by atoms with Crippen molar-refractivity contribution in [2.75, 3.05) is 5.73 Å². The summed E-state index contributed by atoms with van der Waals surface area (Å²) in [4.78, 5) is 4.20. The van der Waals surface area contributed by atoms with E-state index in [0.717, 1.165) is 16.8 Å². The Bertz CT molecular complexity index is 459. The van der Waals surface area contributed by atoms with Gasteiger partial charge in [0.15, 0.2) is 0 Å². The minimum atomic E-state index is 0.551. The van der Waals surface area contributed by atoms with E-state index in [2.05, 4.69) is 10.1 Å². The Kier molecular flexibility index (Phi) is 1.96. The molecule has 0 amide bonds. The lowest BCUT2D eigenvalue weighted by atomic mass is 10.1. The van der Waals surface area contributed by atoms with E-state index in [1.807, 2.05) is 32.4 Å². The van der Waals surface area contributed by atoms with Crippen molar-refractivity contribution < 1.29 is 0 Å². The Balaban J connectivity index is 2.52. The smallest absolute Gasteiger partial charge is 0.123 e. The molecule has 4 heteroatoms. The van der Waals surface area contributed by atoms with Crippen LogP contribution in [0, 0.1) is 6.92 Å². The van der Waals surface area contributed by atoms with Crippen molar-refractivity contribution in [3.63, 3.8) is 0 Å². The summed E-state index contributed by atoms with van der Waals surface area (Å²) in [5, 5.41) is 4.11. The number of aryl methyl sites for hydroxylation is 2. The predicted molar refractivity (Wildman–Crippen MR) is 55.6 cm³/mol.